The summed E-state index contributed by atoms with van der Waals surface area (Å²) >= 11 is 0. The van der Waals surface area contributed by atoms with Gasteiger partial charge in [-0.15, -0.1) is 5.10 Å². The summed E-state index contributed by atoms with van der Waals surface area (Å²) < 4.78 is 40.6. The number of urea groups is 1. The van der Waals surface area contributed by atoms with E-state index in [4.69, 9.17) is 0 Å². The molecule has 2 fully saturated rings. The fourth-order valence-electron chi connectivity index (χ4n) is 2.88. The molecule has 2 amide bonds. The van der Waals surface area contributed by atoms with Crippen LogP contribution >= 0.6 is 0 Å². The first kappa shape index (κ1) is 15.1. The number of aliphatic hydroxyl groups excluding tert-OH is 1. The van der Waals surface area contributed by atoms with E-state index in [1.54, 1.807) is 6.20 Å². The molecule has 0 spiro atoms. The molecule has 1 aromatic heterocycles. The van der Waals surface area contributed by atoms with Gasteiger partial charge in [-0.25, -0.2) is 9.48 Å². The highest BCUT2D eigenvalue weighted by Crippen LogP contribution is 2.45. The van der Waals surface area contributed by atoms with Gasteiger partial charge in [-0.1, -0.05) is 5.21 Å². The Labute approximate surface area is 124 Å². The van der Waals surface area contributed by atoms with Crippen LogP contribution in [-0.4, -0.2) is 61.9 Å². The number of amides is 2. The number of likely N-dealkylation sites (tertiary alicyclic amines) is 1. The predicted octanol–water partition coefficient (Wildman–Crippen LogP) is 0.690. The smallest absolute Gasteiger partial charge is 0.389 e. The molecule has 7 nitrogen and oxygen atoms in total. The SMILES string of the molecule is O=C(NC1(C(F)(F)F)CCC1)N1C[C@@H](O)[C@H](n2ccnn2)C1. The fraction of sp³-hybridized carbons (Fsp3) is 0.750. The number of carbonyl (C=O) groups excluding carboxylic acids is 1. The molecule has 1 aliphatic carbocycles. The average molecular weight is 319 g/mol. The second kappa shape index (κ2) is 5.11. The van der Waals surface area contributed by atoms with Crippen molar-refractivity contribution in [1.82, 2.24) is 25.2 Å². The van der Waals surface area contributed by atoms with Crippen LogP contribution in [0.2, 0.25) is 0 Å². The standard InChI is InChI=1S/C12H16F3N5O2/c13-12(14,15)11(2-1-3-11)17-10(22)19-6-8(9(21)7-19)20-5-4-16-18-20/h4-5,8-9,21H,1-3,6-7H2,(H,17,22)/t8-,9-/m1/s1. The van der Waals surface area contributed by atoms with E-state index >= 15 is 0 Å². The maximum Gasteiger partial charge on any atom is 0.411 e. The molecule has 0 unspecified atom stereocenters. The fourth-order valence-corrected chi connectivity index (χ4v) is 2.88. The van der Waals surface area contributed by atoms with Crippen LogP contribution in [0.5, 0.6) is 0 Å². The maximum atomic E-state index is 13.1. The molecule has 3 rings (SSSR count). The van der Waals surface area contributed by atoms with Gasteiger partial charge in [0.1, 0.15) is 5.54 Å². The number of alkyl halides is 3. The van der Waals surface area contributed by atoms with Crippen LogP contribution in [0.4, 0.5) is 18.0 Å². The molecule has 10 heteroatoms. The molecule has 1 aromatic rings. The highest BCUT2D eigenvalue weighted by molar-refractivity contribution is 5.76. The van der Waals surface area contributed by atoms with Crippen LogP contribution in [0.25, 0.3) is 0 Å². The van der Waals surface area contributed by atoms with Gasteiger partial charge >= 0.3 is 12.2 Å². The van der Waals surface area contributed by atoms with Crippen molar-refractivity contribution >= 4 is 6.03 Å². The van der Waals surface area contributed by atoms with Gasteiger partial charge in [0.2, 0.25) is 0 Å². The van der Waals surface area contributed by atoms with Crippen molar-refractivity contribution in [2.24, 2.45) is 0 Å². The van der Waals surface area contributed by atoms with E-state index in [1.165, 1.54) is 15.8 Å². The minimum Gasteiger partial charge on any atom is -0.389 e. The number of hydrogen-bond donors (Lipinski definition) is 2. The first-order chi connectivity index (χ1) is 10.3. The van der Waals surface area contributed by atoms with Crippen molar-refractivity contribution in [2.45, 2.75) is 43.1 Å². The van der Waals surface area contributed by atoms with Crippen LogP contribution in [0.15, 0.2) is 12.4 Å². The Balaban J connectivity index is 1.67. The van der Waals surface area contributed by atoms with E-state index in [-0.39, 0.29) is 25.9 Å². The molecule has 22 heavy (non-hydrogen) atoms. The minimum absolute atomic E-state index is 0.0374. The predicted molar refractivity (Wildman–Crippen MR) is 67.8 cm³/mol. The topological polar surface area (TPSA) is 83.3 Å². The number of carbonyl (C=O) groups is 1. The minimum atomic E-state index is -4.47. The van der Waals surface area contributed by atoms with Crippen molar-refractivity contribution in [1.29, 1.82) is 0 Å². The largest absolute Gasteiger partial charge is 0.411 e. The monoisotopic (exact) mass is 319 g/mol. The Morgan fingerprint density at radius 1 is 1.36 bits per heavy atom. The van der Waals surface area contributed by atoms with Gasteiger partial charge in [0.05, 0.1) is 24.9 Å². The number of halogens is 3. The Morgan fingerprint density at radius 3 is 2.59 bits per heavy atom. The number of β-amino-alcohol motifs (C(OH)–C–C–N with tert-alkyl or cyclic N) is 1. The van der Waals surface area contributed by atoms with Gasteiger partial charge < -0.3 is 15.3 Å². The average Bonchev–Trinajstić information content (AvgIpc) is 3.00. The molecule has 122 valence electrons. The van der Waals surface area contributed by atoms with Gasteiger partial charge in [0.25, 0.3) is 0 Å². The summed E-state index contributed by atoms with van der Waals surface area (Å²) in [7, 11) is 0. The lowest BCUT2D eigenvalue weighted by atomic mass is 9.76. The third-order valence-electron chi connectivity index (χ3n) is 4.42. The van der Waals surface area contributed by atoms with Gasteiger partial charge in [-0.3, -0.25) is 0 Å². The summed E-state index contributed by atoms with van der Waals surface area (Å²) in [6.45, 7) is 0.0502. The summed E-state index contributed by atoms with van der Waals surface area (Å²) in [5.41, 5.74) is -2.12. The van der Waals surface area contributed by atoms with Gasteiger partial charge in [-0.2, -0.15) is 13.2 Å². The van der Waals surface area contributed by atoms with Crippen LogP contribution in [0.1, 0.15) is 25.3 Å². The first-order valence-corrected chi connectivity index (χ1v) is 7.00. The summed E-state index contributed by atoms with van der Waals surface area (Å²) in [5, 5.41) is 19.5. The summed E-state index contributed by atoms with van der Waals surface area (Å²) in [5.74, 6) is 0. The number of aliphatic hydroxyl groups is 1. The molecule has 2 heterocycles. The maximum absolute atomic E-state index is 13.1. The summed E-state index contributed by atoms with van der Waals surface area (Å²) in [6, 6.07) is -1.31. The Bertz CT molecular complexity index is 543. The lowest BCUT2D eigenvalue weighted by molar-refractivity contribution is -0.215. The second-order valence-corrected chi connectivity index (χ2v) is 5.79. The molecule has 0 bridgehead atoms. The summed E-state index contributed by atoms with van der Waals surface area (Å²) in [4.78, 5) is 13.3. The number of aromatic nitrogens is 3. The normalized spacial score (nSPS) is 27.5. The Hall–Kier alpha value is -1.84. The highest BCUT2D eigenvalue weighted by atomic mass is 19.4. The van der Waals surface area contributed by atoms with E-state index in [0.29, 0.717) is 6.42 Å². The van der Waals surface area contributed by atoms with E-state index in [1.807, 2.05) is 0 Å². The molecule has 1 saturated carbocycles. The molecule has 0 aromatic carbocycles. The molecule has 1 saturated heterocycles. The highest BCUT2D eigenvalue weighted by Gasteiger charge is 2.59. The van der Waals surface area contributed by atoms with Crippen LogP contribution in [0, 0.1) is 0 Å². The molecular weight excluding hydrogens is 303 g/mol. The number of rotatable bonds is 2. The molecule has 2 aliphatic rings. The first-order valence-electron chi connectivity index (χ1n) is 7.00. The van der Waals surface area contributed by atoms with Crippen molar-refractivity contribution in [2.75, 3.05) is 13.1 Å². The summed E-state index contributed by atoms with van der Waals surface area (Å²) in [6.07, 6.45) is -2.16. The molecule has 2 atom stereocenters. The van der Waals surface area contributed by atoms with E-state index in [0.717, 1.165) is 0 Å². The Morgan fingerprint density at radius 2 is 2.09 bits per heavy atom. The van der Waals surface area contributed by atoms with E-state index < -0.39 is 29.9 Å². The van der Waals surface area contributed by atoms with Gasteiger partial charge in [0, 0.05) is 12.7 Å². The molecular formula is C12H16F3N5O2. The zero-order valence-electron chi connectivity index (χ0n) is 11.6. The zero-order valence-corrected chi connectivity index (χ0v) is 11.6. The van der Waals surface area contributed by atoms with Gasteiger partial charge in [0.15, 0.2) is 0 Å². The molecule has 2 N–H and O–H groups in total. The lowest BCUT2D eigenvalue weighted by Gasteiger charge is -2.44. The van der Waals surface area contributed by atoms with Crippen LogP contribution in [0.3, 0.4) is 0 Å². The van der Waals surface area contributed by atoms with Crippen molar-refractivity contribution in [3.8, 4) is 0 Å². The number of nitrogens with one attached hydrogen (secondary N) is 1. The van der Waals surface area contributed by atoms with Crippen molar-refractivity contribution < 1.29 is 23.1 Å². The lowest BCUT2D eigenvalue weighted by Crippen LogP contribution is -2.64. The Kier molecular flexibility index (Phi) is 3.50. The van der Waals surface area contributed by atoms with Crippen molar-refractivity contribution in [3.63, 3.8) is 0 Å². The van der Waals surface area contributed by atoms with Crippen LogP contribution < -0.4 is 5.32 Å². The zero-order chi connectivity index (χ0) is 16.0. The van der Waals surface area contributed by atoms with Crippen LogP contribution in [-0.2, 0) is 0 Å². The van der Waals surface area contributed by atoms with Gasteiger partial charge in [-0.05, 0) is 19.3 Å². The number of nitrogens with zero attached hydrogens (tertiary/aromatic N) is 4. The molecule has 0 radical (unpaired) electrons. The molecule has 1 aliphatic heterocycles. The third kappa shape index (κ3) is 2.40. The second-order valence-electron chi connectivity index (χ2n) is 5.79. The number of hydrogen-bond acceptors (Lipinski definition) is 4. The quantitative estimate of drug-likeness (QED) is 0.840. The third-order valence-corrected chi connectivity index (χ3v) is 4.42. The van der Waals surface area contributed by atoms with E-state index in [2.05, 4.69) is 15.6 Å². The van der Waals surface area contributed by atoms with Crippen molar-refractivity contribution in [3.05, 3.63) is 12.4 Å². The van der Waals surface area contributed by atoms with E-state index in [9.17, 15) is 23.1 Å².